The first kappa shape index (κ1) is 14.7. The summed E-state index contributed by atoms with van der Waals surface area (Å²) < 4.78 is 0. The molecule has 0 radical (unpaired) electrons. The number of hydrogen-bond acceptors (Lipinski definition) is 3. The zero-order valence-corrected chi connectivity index (χ0v) is 11.0. The van der Waals surface area contributed by atoms with E-state index in [-0.39, 0.29) is 36.3 Å². The minimum atomic E-state index is -0.204. The van der Waals surface area contributed by atoms with E-state index in [1.54, 1.807) is 0 Å². The maximum atomic E-state index is 11.8. The average Bonchev–Trinajstić information content (AvgIpc) is 2.73. The smallest absolute Gasteiger partial charge is 0.224 e. The number of hydrogen-bond donors (Lipinski definition) is 3. The molecule has 17 heavy (non-hydrogen) atoms. The summed E-state index contributed by atoms with van der Waals surface area (Å²) in [6, 6.07) is 0. The Labute approximate surface area is 109 Å². The molecule has 1 saturated carbocycles. The highest BCUT2D eigenvalue weighted by Gasteiger charge is 2.27. The molecule has 100 valence electrons. The molecule has 5 heteroatoms. The van der Waals surface area contributed by atoms with E-state index in [4.69, 9.17) is 0 Å². The van der Waals surface area contributed by atoms with Crippen molar-refractivity contribution in [3.63, 3.8) is 0 Å². The van der Waals surface area contributed by atoms with Crippen LogP contribution in [-0.4, -0.2) is 36.8 Å². The molecule has 0 spiro atoms. The SMILES string of the molecule is Cl.O=C(NCC1CCCC1O)[C@@H]1CCCNC1. The van der Waals surface area contributed by atoms with Crippen molar-refractivity contribution in [2.24, 2.45) is 11.8 Å². The molecule has 0 bridgehead atoms. The topological polar surface area (TPSA) is 61.4 Å². The van der Waals surface area contributed by atoms with Gasteiger partial charge >= 0.3 is 0 Å². The second-order valence-corrected chi connectivity index (χ2v) is 5.05. The third kappa shape index (κ3) is 4.12. The number of nitrogens with one attached hydrogen (secondary N) is 2. The lowest BCUT2D eigenvalue weighted by Crippen LogP contribution is -2.42. The minimum absolute atomic E-state index is 0. The van der Waals surface area contributed by atoms with Crippen molar-refractivity contribution in [3.8, 4) is 0 Å². The van der Waals surface area contributed by atoms with Gasteiger partial charge in [-0.25, -0.2) is 0 Å². The number of amides is 1. The van der Waals surface area contributed by atoms with Gasteiger partial charge in [-0.05, 0) is 32.2 Å². The molecule has 0 aromatic carbocycles. The Hall–Kier alpha value is -0.320. The van der Waals surface area contributed by atoms with Crippen molar-refractivity contribution in [2.75, 3.05) is 19.6 Å². The maximum Gasteiger partial charge on any atom is 0.224 e. The molecule has 2 aliphatic rings. The van der Waals surface area contributed by atoms with E-state index in [1.807, 2.05) is 0 Å². The number of piperidine rings is 1. The van der Waals surface area contributed by atoms with Crippen molar-refractivity contribution >= 4 is 18.3 Å². The fraction of sp³-hybridized carbons (Fsp3) is 0.917. The Morgan fingerprint density at radius 1 is 1.29 bits per heavy atom. The van der Waals surface area contributed by atoms with Crippen LogP contribution in [0.2, 0.25) is 0 Å². The number of aliphatic hydroxyl groups excluding tert-OH is 1. The molecule has 2 rings (SSSR count). The van der Waals surface area contributed by atoms with E-state index < -0.39 is 0 Å². The van der Waals surface area contributed by atoms with Crippen molar-refractivity contribution in [2.45, 2.75) is 38.2 Å². The van der Waals surface area contributed by atoms with Gasteiger partial charge in [0.05, 0.1) is 12.0 Å². The minimum Gasteiger partial charge on any atom is -0.393 e. The van der Waals surface area contributed by atoms with Gasteiger partial charge in [0.25, 0.3) is 0 Å². The molecule has 1 aliphatic carbocycles. The fourth-order valence-electron chi connectivity index (χ4n) is 2.71. The first-order valence-electron chi connectivity index (χ1n) is 6.44. The summed E-state index contributed by atoms with van der Waals surface area (Å²) in [6.07, 6.45) is 4.91. The Morgan fingerprint density at radius 3 is 2.71 bits per heavy atom. The Balaban J connectivity index is 0.00000144. The van der Waals surface area contributed by atoms with Crippen molar-refractivity contribution < 1.29 is 9.90 Å². The molecule has 3 N–H and O–H groups in total. The van der Waals surface area contributed by atoms with Crippen LogP contribution in [-0.2, 0) is 4.79 Å². The van der Waals surface area contributed by atoms with Crippen LogP contribution in [0.25, 0.3) is 0 Å². The summed E-state index contributed by atoms with van der Waals surface area (Å²) >= 11 is 0. The molecule has 2 fully saturated rings. The summed E-state index contributed by atoms with van der Waals surface area (Å²) in [5.41, 5.74) is 0. The molecule has 0 aromatic heterocycles. The van der Waals surface area contributed by atoms with Crippen molar-refractivity contribution in [1.82, 2.24) is 10.6 Å². The predicted molar refractivity (Wildman–Crippen MR) is 69.2 cm³/mol. The number of carbonyl (C=O) groups excluding carboxylic acids is 1. The quantitative estimate of drug-likeness (QED) is 0.701. The summed E-state index contributed by atoms with van der Waals surface area (Å²) in [6.45, 7) is 2.49. The fourth-order valence-corrected chi connectivity index (χ4v) is 2.71. The molecule has 2 unspecified atom stereocenters. The van der Waals surface area contributed by atoms with E-state index in [9.17, 15) is 9.90 Å². The maximum absolute atomic E-state index is 11.8. The highest BCUT2D eigenvalue weighted by molar-refractivity contribution is 5.85. The monoisotopic (exact) mass is 262 g/mol. The van der Waals surface area contributed by atoms with Gasteiger partial charge < -0.3 is 15.7 Å². The van der Waals surface area contributed by atoms with Gasteiger partial charge in [0.15, 0.2) is 0 Å². The van der Waals surface area contributed by atoms with Crippen molar-refractivity contribution in [1.29, 1.82) is 0 Å². The van der Waals surface area contributed by atoms with Crippen LogP contribution in [0, 0.1) is 11.8 Å². The number of halogens is 1. The lowest BCUT2D eigenvalue weighted by atomic mass is 9.98. The third-order valence-electron chi connectivity index (χ3n) is 3.83. The summed E-state index contributed by atoms with van der Waals surface area (Å²) in [5.74, 6) is 0.569. The molecular formula is C12H23ClN2O2. The van der Waals surface area contributed by atoms with Crippen LogP contribution in [0.1, 0.15) is 32.1 Å². The summed E-state index contributed by atoms with van der Waals surface area (Å²) in [4.78, 5) is 11.8. The Morgan fingerprint density at radius 2 is 2.12 bits per heavy atom. The highest BCUT2D eigenvalue weighted by Crippen LogP contribution is 2.24. The van der Waals surface area contributed by atoms with Crippen LogP contribution in [0.5, 0.6) is 0 Å². The van der Waals surface area contributed by atoms with Crippen molar-refractivity contribution in [3.05, 3.63) is 0 Å². The van der Waals surface area contributed by atoms with Gasteiger partial charge in [-0.1, -0.05) is 6.42 Å². The van der Waals surface area contributed by atoms with Gasteiger partial charge in [-0.2, -0.15) is 0 Å². The van der Waals surface area contributed by atoms with Crippen LogP contribution in [0.4, 0.5) is 0 Å². The molecule has 1 heterocycles. The van der Waals surface area contributed by atoms with Gasteiger partial charge in [-0.15, -0.1) is 12.4 Å². The van der Waals surface area contributed by atoms with E-state index in [2.05, 4.69) is 10.6 Å². The average molecular weight is 263 g/mol. The van der Waals surface area contributed by atoms with E-state index in [0.717, 1.165) is 45.2 Å². The molecule has 1 saturated heterocycles. The molecular weight excluding hydrogens is 240 g/mol. The summed E-state index contributed by atoms with van der Waals surface area (Å²) in [5, 5.41) is 15.9. The Kier molecular flexibility index (Phi) is 6.23. The molecule has 4 nitrogen and oxygen atoms in total. The van der Waals surface area contributed by atoms with Crippen LogP contribution >= 0.6 is 12.4 Å². The standard InChI is InChI=1S/C12H22N2O2.ClH/c15-11-5-1-3-9(11)8-14-12(16)10-4-2-6-13-7-10;/h9-11,13,15H,1-8H2,(H,14,16);1H/t9?,10-,11?;/m1./s1. The molecule has 3 atom stereocenters. The van der Waals surface area contributed by atoms with Crippen LogP contribution in [0.3, 0.4) is 0 Å². The summed E-state index contributed by atoms with van der Waals surface area (Å²) in [7, 11) is 0. The largest absolute Gasteiger partial charge is 0.393 e. The van der Waals surface area contributed by atoms with E-state index in [0.29, 0.717) is 6.54 Å². The molecule has 1 aliphatic heterocycles. The molecule has 0 aromatic rings. The number of carbonyl (C=O) groups is 1. The van der Waals surface area contributed by atoms with Gasteiger partial charge in [0, 0.05) is 19.0 Å². The third-order valence-corrected chi connectivity index (χ3v) is 3.83. The highest BCUT2D eigenvalue weighted by atomic mass is 35.5. The number of aliphatic hydroxyl groups is 1. The van der Waals surface area contributed by atoms with E-state index in [1.165, 1.54) is 0 Å². The van der Waals surface area contributed by atoms with Crippen LogP contribution in [0.15, 0.2) is 0 Å². The number of rotatable bonds is 3. The van der Waals surface area contributed by atoms with Gasteiger partial charge in [0.1, 0.15) is 0 Å². The zero-order valence-electron chi connectivity index (χ0n) is 10.2. The zero-order chi connectivity index (χ0) is 11.4. The van der Waals surface area contributed by atoms with E-state index >= 15 is 0 Å². The van der Waals surface area contributed by atoms with Gasteiger partial charge in [0.2, 0.25) is 5.91 Å². The second-order valence-electron chi connectivity index (χ2n) is 5.05. The molecule has 1 amide bonds. The second kappa shape index (κ2) is 7.19. The lowest BCUT2D eigenvalue weighted by molar-refractivity contribution is -0.125. The van der Waals surface area contributed by atoms with Gasteiger partial charge in [-0.3, -0.25) is 4.79 Å². The predicted octanol–water partition coefficient (Wildman–Crippen LogP) is 0.685. The first-order valence-corrected chi connectivity index (χ1v) is 6.44. The first-order chi connectivity index (χ1) is 7.77. The Bertz CT molecular complexity index is 245. The lowest BCUT2D eigenvalue weighted by Gasteiger charge is -2.23. The van der Waals surface area contributed by atoms with Crippen LogP contribution < -0.4 is 10.6 Å². The normalized spacial score (nSPS) is 32.9.